The van der Waals surface area contributed by atoms with Gasteiger partial charge in [-0.3, -0.25) is 4.79 Å². The molecule has 1 atom stereocenters. The van der Waals surface area contributed by atoms with Gasteiger partial charge in [0.2, 0.25) is 5.91 Å². The van der Waals surface area contributed by atoms with Crippen LogP contribution in [0.2, 0.25) is 0 Å². The second kappa shape index (κ2) is 9.60. The number of rotatable bonds is 8. The van der Waals surface area contributed by atoms with E-state index in [0.717, 1.165) is 17.0 Å². The fourth-order valence-corrected chi connectivity index (χ4v) is 3.19. The van der Waals surface area contributed by atoms with Crippen LogP contribution in [0, 0.1) is 0 Å². The number of ether oxygens (including phenoxy) is 1. The van der Waals surface area contributed by atoms with E-state index in [1.165, 1.54) is 0 Å². The van der Waals surface area contributed by atoms with Crippen molar-refractivity contribution in [1.82, 2.24) is 10.2 Å². The van der Waals surface area contributed by atoms with Crippen LogP contribution in [0.5, 0.6) is 0 Å². The van der Waals surface area contributed by atoms with Crippen LogP contribution in [0.3, 0.4) is 0 Å². The number of hydrogen-bond acceptors (Lipinski definition) is 5. The number of morpholine rings is 1. The zero-order chi connectivity index (χ0) is 16.5. The third kappa shape index (κ3) is 5.57. The molecule has 1 aliphatic rings. The van der Waals surface area contributed by atoms with Crippen LogP contribution in [-0.2, 0) is 9.53 Å². The summed E-state index contributed by atoms with van der Waals surface area (Å²) < 4.78 is 5.32. The highest BCUT2D eigenvalue weighted by Crippen LogP contribution is 2.13. The molecule has 3 N–H and O–H groups in total. The molecule has 1 saturated heterocycles. The SMILES string of the molecule is C=C(N[C@@H](CSCCN)C(=O)N1CCOCC1)c1ccccc1. The summed E-state index contributed by atoms with van der Waals surface area (Å²) >= 11 is 1.68. The summed E-state index contributed by atoms with van der Waals surface area (Å²) in [6.45, 7) is 7.20. The van der Waals surface area contributed by atoms with Crippen molar-refractivity contribution < 1.29 is 9.53 Å². The Morgan fingerprint density at radius 1 is 1.35 bits per heavy atom. The van der Waals surface area contributed by atoms with Crippen molar-refractivity contribution in [1.29, 1.82) is 0 Å². The van der Waals surface area contributed by atoms with Crippen LogP contribution in [0.4, 0.5) is 0 Å². The molecule has 5 nitrogen and oxygen atoms in total. The molecule has 23 heavy (non-hydrogen) atoms. The predicted molar refractivity (Wildman–Crippen MR) is 96.2 cm³/mol. The van der Waals surface area contributed by atoms with Crippen molar-refractivity contribution in [3.05, 3.63) is 42.5 Å². The highest BCUT2D eigenvalue weighted by atomic mass is 32.2. The Kier molecular flexibility index (Phi) is 7.45. The summed E-state index contributed by atoms with van der Waals surface area (Å²) in [6.07, 6.45) is 0. The third-order valence-electron chi connectivity index (χ3n) is 3.64. The van der Waals surface area contributed by atoms with Gasteiger partial charge in [0.05, 0.1) is 13.2 Å². The van der Waals surface area contributed by atoms with Crippen LogP contribution in [0.25, 0.3) is 5.70 Å². The van der Waals surface area contributed by atoms with E-state index >= 15 is 0 Å². The molecular weight excluding hydrogens is 310 g/mol. The smallest absolute Gasteiger partial charge is 0.246 e. The van der Waals surface area contributed by atoms with Gasteiger partial charge < -0.3 is 20.7 Å². The number of hydrogen-bond donors (Lipinski definition) is 2. The summed E-state index contributed by atoms with van der Waals surface area (Å²) in [7, 11) is 0. The van der Waals surface area contributed by atoms with Gasteiger partial charge in [-0.15, -0.1) is 0 Å². The quantitative estimate of drug-likeness (QED) is 0.698. The van der Waals surface area contributed by atoms with Gasteiger partial charge in [-0.2, -0.15) is 11.8 Å². The van der Waals surface area contributed by atoms with Crippen LogP contribution < -0.4 is 11.1 Å². The molecule has 1 aromatic rings. The van der Waals surface area contributed by atoms with Crippen molar-refractivity contribution in [2.75, 3.05) is 44.4 Å². The highest BCUT2D eigenvalue weighted by molar-refractivity contribution is 7.99. The zero-order valence-corrected chi connectivity index (χ0v) is 14.2. The molecule has 0 spiro atoms. The molecule has 1 heterocycles. The maximum absolute atomic E-state index is 12.8. The molecule has 126 valence electrons. The molecule has 0 aliphatic carbocycles. The number of nitrogens with one attached hydrogen (secondary N) is 1. The largest absolute Gasteiger partial charge is 0.378 e. The highest BCUT2D eigenvalue weighted by Gasteiger charge is 2.26. The molecule has 0 aromatic heterocycles. The minimum Gasteiger partial charge on any atom is -0.378 e. The van der Waals surface area contributed by atoms with E-state index in [-0.39, 0.29) is 11.9 Å². The fraction of sp³-hybridized carbons (Fsp3) is 0.471. The molecule has 0 saturated carbocycles. The first-order valence-corrected chi connectivity index (χ1v) is 9.03. The minimum absolute atomic E-state index is 0.106. The van der Waals surface area contributed by atoms with E-state index in [4.69, 9.17) is 10.5 Å². The molecule has 0 bridgehead atoms. The van der Waals surface area contributed by atoms with E-state index in [0.29, 0.717) is 38.6 Å². The van der Waals surface area contributed by atoms with E-state index in [2.05, 4.69) is 11.9 Å². The fourth-order valence-electron chi connectivity index (χ4n) is 2.40. The van der Waals surface area contributed by atoms with Gasteiger partial charge in [-0.25, -0.2) is 0 Å². The Hall–Kier alpha value is -1.50. The summed E-state index contributed by atoms with van der Waals surface area (Å²) in [5.41, 5.74) is 7.32. The van der Waals surface area contributed by atoms with Crippen LogP contribution in [0.15, 0.2) is 36.9 Å². The Morgan fingerprint density at radius 3 is 2.70 bits per heavy atom. The molecule has 0 radical (unpaired) electrons. The van der Waals surface area contributed by atoms with Gasteiger partial charge in [-0.05, 0) is 5.56 Å². The van der Waals surface area contributed by atoms with Gasteiger partial charge >= 0.3 is 0 Å². The summed E-state index contributed by atoms with van der Waals surface area (Å²) in [4.78, 5) is 14.6. The molecule has 0 unspecified atom stereocenters. The average molecular weight is 335 g/mol. The lowest BCUT2D eigenvalue weighted by Gasteiger charge is -2.31. The first-order valence-electron chi connectivity index (χ1n) is 7.87. The first kappa shape index (κ1) is 17.8. The normalized spacial score (nSPS) is 16.0. The summed E-state index contributed by atoms with van der Waals surface area (Å²) in [5.74, 6) is 1.63. The van der Waals surface area contributed by atoms with Gasteiger partial charge in [0.15, 0.2) is 0 Å². The van der Waals surface area contributed by atoms with Crippen molar-refractivity contribution in [2.24, 2.45) is 5.73 Å². The number of carbonyl (C=O) groups is 1. The standard InChI is InChI=1S/C17H25N3O2S/c1-14(15-5-3-2-4-6-15)19-16(13-23-12-7-18)17(21)20-8-10-22-11-9-20/h2-6,16,19H,1,7-13,18H2/t16-/m0/s1. The van der Waals surface area contributed by atoms with Crippen molar-refractivity contribution in [3.8, 4) is 0 Å². The van der Waals surface area contributed by atoms with Crippen molar-refractivity contribution in [3.63, 3.8) is 0 Å². The van der Waals surface area contributed by atoms with E-state index in [1.807, 2.05) is 35.2 Å². The lowest BCUT2D eigenvalue weighted by Crippen LogP contribution is -2.51. The number of amides is 1. The number of nitrogens with zero attached hydrogens (tertiary/aromatic N) is 1. The summed E-state index contributed by atoms with van der Waals surface area (Å²) in [6, 6.07) is 9.56. The second-order valence-corrected chi connectivity index (χ2v) is 6.49. The summed E-state index contributed by atoms with van der Waals surface area (Å²) in [5, 5.41) is 3.30. The van der Waals surface area contributed by atoms with Gasteiger partial charge in [0.1, 0.15) is 6.04 Å². The van der Waals surface area contributed by atoms with Crippen molar-refractivity contribution >= 4 is 23.4 Å². The Balaban J connectivity index is 2.00. The molecule has 6 heteroatoms. The Bertz CT molecular complexity index is 504. The Morgan fingerprint density at radius 2 is 2.04 bits per heavy atom. The third-order valence-corrected chi connectivity index (χ3v) is 4.73. The maximum Gasteiger partial charge on any atom is 0.246 e. The lowest BCUT2D eigenvalue weighted by atomic mass is 10.1. The average Bonchev–Trinajstić information content (AvgIpc) is 2.62. The number of benzene rings is 1. The van der Waals surface area contributed by atoms with Gasteiger partial charge in [0.25, 0.3) is 0 Å². The molecule has 1 amide bonds. The molecule has 2 rings (SSSR count). The van der Waals surface area contributed by atoms with E-state index < -0.39 is 0 Å². The number of nitrogens with two attached hydrogens (primary N) is 1. The number of thioether (sulfide) groups is 1. The maximum atomic E-state index is 12.8. The molecular formula is C17H25N3O2S. The number of carbonyl (C=O) groups excluding carboxylic acids is 1. The van der Waals surface area contributed by atoms with Crippen LogP contribution in [0.1, 0.15) is 5.56 Å². The molecule has 1 aliphatic heterocycles. The molecule has 1 aromatic carbocycles. The van der Waals surface area contributed by atoms with Crippen molar-refractivity contribution in [2.45, 2.75) is 6.04 Å². The minimum atomic E-state index is -0.294. The predicted octanol–water partition coefficient (Wildman–Crippen LogP) is 1.17. The lowest BCUT2D eigenvalue weighted by molar-refractivity contribution is -0.136. The van der Waals surface area contributed by atoms with Gasteiger partial charge in [0, 0.05) is 36.8 Å². The topological polar surface area (TPSA) is 67.6 Å². The zero-order valence-electron chi connectivity index (χ0n) is 13.4. The monoisotopic (exact) mass is 335 g/mol. The van der Waals surface area contributed by atoms with Gasteiger partial charge in [-0.1, -0.05) is 36.9 Å². The van der Waals surface area contributed by atoms with E-state index in [9.17, 15) is 4.79 Å². The van der Waals surface area contributed by atoms with Crippen LogP contribution >= 0.6 is 11.8 Å². The molecule has 1 fully saturated rings. The first-order chi connectivity index (χ1) is 11.2. The van der Waals surface area contributed by atoms with Crippen LogP contribution in [-0.4, -0.2) is 61.2 Å². The second-order valence-electron chi connectivity index (χ2n) is 5.34. The van der Waals surface area contributed by atoms with E-state index in [1.54, 1.807) is 11.8 Å². The Labute approximate surface area is 142 Å².